The zero-order valence-electron chi connectivity index (χ0n) is 17.9. The number of ether oxygens (including phenoxy) is 2. The number of benzene rings is 1. The highest BCUT2D eigenvalue weighted by Crippen LogP contribution is 2.25. The minimum atomic E-state index is -0.550. The summed E-state index contributed by atoms with van der Waals surface area (Å²) in [5.41, 5.74) is 4.22. The van der Waals surface area contributed by atoms with Crippen LogP contribution >= 0.6 is 0 Å². The zero-order chi connectivity index (χ0) is 21.6. The molecule has 2 aliphatic rings. The summed E-state index contributed by atoms with van der Waals surface area (Å²) < 4.78 is 10.7. The van der Waals surface area contributed by atoms with Crippen LogP contribution in [0, 0.1) is 0 Å². The number of amides is 1. The van der Waals surface area contributed by atoms with Gasteiger partial charge in [-0.25, -0.2) is 9.78 Å². The van der Waals surface area contributed by atoms with Crippen LogP contribution in [-0.4, -0.2) is 49.8 Å². The molecule has 1 fully saturated rings. The molecule has 1 saturated heterocycles. The SMILES string of the molecule is CC(NC(=O)COC(=O)c1cccnc1N1CCOCC1)c1ccc2c(c1)CCCC2. The molecule has 1 N–H and O–H groups in total. The number of nitrogens with one attached hydrogen (secondary N) is 1. The van der Waals surface area contributed by atoms with Crippen molar-refractivity contribution in [3.8, 4) is 0 Å². The van der Waals surface area contributed by atoms with Crippen LogP contribution in [0.25, 0.3) is 0 Å². The Labute approximate surface area is 182 Å². The molecule has 1 aromatic carbocycles. The number of rotatable bonds is 6. The number of morpholine rings is 1. The fourth-order valence-electron chi connectivity index (χ4n) is 4.18. The molecule has 164 valence electrons. The number of nitrogens with zero attached hydrogens (tertiary/aromatic N) is 2. The van der Waals surface area contributed by atoms with Crippen molar-refractivity contribution in [2.45, 2.75) is 38.6 Å². The summed E-state index contributed by atoms with van der Waals surface area (Å²) in [6.07, 6.45) is 6.34. The maximum absolute atomic E-state index is 12.6. The van der Waals surface area contributed by atoms with Gasteiger partial charge in [-0.2, -0.15) is 0 Å². The second-order valence-electron chi connectivity index (χ2n) is 8.07. The molecule has 1 amide bonds. The summed E-state index contributed by atoms with van der Waals surface area (Å²) in [5.74, 6) is -0.305. The molecule has 1 unspecified atom stereocenters. The third kappa shape index (κ3) is 5.22. The Hall–Kier alpha value is -2.93. The largest absolute Gasteiger partial charge is 0.452 e. The van der Waals surface area contributed by atoms with E-state index in [-0.39, 0.29) is 18.6 Å². The van der Waals surface area contributed by atoms with Crippen molar-refractivity contribution in [2.24, 2.45) is 0 Å². The minimum Gasteiger partial charge on any atom is -0.452 e. The molecule has 1 aromatic heterocycles. The van der Waals surface area contributed by atoms with E-state index in [2.05, 4.69) is 28.5 Å². The summed E-state index contributed by atoms with van der Waals surface area (Å²) >= 11 is 0. The lowest BCUT2D eigenvalue weighted by molar-refractivity contribution is -0.124. The van der Waals surface area contributed by atoms with Gasteiger partial charge < -0.3 is 19.7 Å². The van der Waals surface area contributed by atoms with Gasteiger partial charge >= 0.3 is 5.97 Å². The maximum atomic E-state index is 12.6. The van der Waals surface area contributed by atoms with E-state index in [1.807, 2.05) is 11.8 Å². The fourth-order valence-corrected chi connectivity index (χ4v) is 4.18. The first kappa shape index (κ1) is 21.3. The molecule has 0 radical (unpaired) electrons. The van der Waals surface area contributed by atoms with Gasteiger partial charge in [-0.05, 0) is 61.4 Å². The monoisotopic (exact) mass is 423 g/mol. The molecule has 1 atom stereocenters. The fraction of sp³-hybridized carbons (Fsp3) is 0.458. The van der Waals surface area contributed by atoms with Gasteiger partial charge in [0.2, 0.25) is 0 Å². The van der Waals surface area contributed by atoms with Crippen molar-refractivity contribution in [1.82, 2.24) is 10.3 Å². The third-order valence-electron chi connectivity index (χ3n) is 5.90. The van der Waals surface area contributed by atoms with Crippen LogP contribution in [0.3, 0.4) is 0 Å². The Balaban J connectivity index is 1.33. The van der Waals surface area contributed by atoms with E-state index in [1.165, 1.54) is 24.0 Å². The van der Waals surface area contributed by atoms with Gasteiger partial charge in [-0.3, -0.25) is 4.79 Å². The third-order valence-corrected chi connectivity index (χ3v) is 5.90. The first-order valence-corrected chi connectivity index (χ1v) is 11.0. The van der Waals surface area contributed by atoms with Crippen LogP contribution in [-0.2, 0) is 27.1 Å². The average molecular weight is 424 g/mol. The smallest absolute Gasteiger partial charge is 0.342 e. The lowest BCUT2D eigenvalue weighted by atomic mass is 9.89. The van der Waals surface area contributed by atoms with Gasteiger partial charge in [0.1, 0.15) is 11.4 Å². The number of esters is 1. The summed E-state index contributed by atoms with van der Waals surface area (Å²) in [6, 6.07) is 9.65. The Bertz CT molecular complexity index is 940. The van der Waals surface area contributed by atoms with Crippen LogP contribution in [0.4, 0.5) is 5.82 Å². The van der Waals surface area contributed by atoms with Crippen LogP contribution in [0.5, 0.6) is 0 Å². The first-order valence-electron chi connectivity index (χ1n) is 11.0. The first-order chi connectivity index (χ1) is 15.1. The Morgan fingerprint density at radius 3 is 2.74 bits per heavy atom. The number of pyridine rings is 1. The van der Waals surface area contributed by atoms with E-state index in [1.54, 1.807) is 18.3 Å². The maximum Gasteiger partial charge on any atom is 0.342 e. The Morgan fingerprint density at radius 2 is 1.94 bits per heavy atom. The predicted molar refractivity (Wildman–Crippen MR) is 117 cm³/mol. The molecule has 1 aliphatic heterocycles. The van der Waals surface area contributed by atoms with Gasteiger partial charge in [-0.1, -0.05) is 18.2 Å². The number of carbonyl (C=O) groups is 2. The molecule has 0 spiro atoms. The number of aryl methyl sites for hydroxylation is 2. The van der Waals surface area contributed by atoms with Crippen LogP contribution in [0.2, 0.25) is 0 Å². The van der Waals surface area contributed by atoms with Gasteiger partial charge in [0, 0.05) is 19.3 Å². The molecular formula is C24H29N3O4. The number of fused-ring (bicyclic) bond motifs is 1. The standard InChI is InChI=1S/C24H29N3O4/c1-17(19-9-8-18-5-2-3-6-20(18)15-19)26-22(28)16-31-24(29)21-7-4-10-25-23(21)27-11-13-30-14-12-27/h4,7-10,15,17H,2-3,5-6,11-14,16H2,1H3,(H,26,28). The second kappa shape index (κ2) is 9.92. The van der Waals surface area contributed by atoms with Crippen molar-refractivity contribution in [2.75, 3.05) is 37.8 Å². The van der Waals surface area contributed by atoms with Crippen LogP contribution in [0.1, 0.15) is 52.9 Å². The number of aromatic nitrogens is 1. The minimum absolute atomic E-state index is 0.152. The highest BCUT2D eigenvalue weighted by Gasteiger charge is 2.22. The molecule has 0 saturated carbocycles. The summed E-state index contributed by atoms with van der Waals surface area (Å²) in [7, 11) is 0. The van der Waals surface area contributed by atoms with E-state index in [0.29, 0.717) is 37.7 Å². The van der Waals surface area contributed by atoms with Gasteiger partial charge in [-0.15, -0.1) is 0 Å². The lowest BCUT2D eigenvalue weighted by Crippen LogP contribution is -2.38. The van der Waals surface area contributed by atoms with Crippen molar-refractivity contribution >= 4 is 17.7 Å². The molecule has 4 rings (SSSR count). The number of carbonyl (C=O) groups excluding carboxylic acids is 2. The van der Waals surface area contributed by atoms with Crippen LogP contribution in [0.15, 0.2) is 36.5 Å². The number of anilines is 1. The normalized spacial score (nSPS) is 16.9. The van der Waals surface area contributed by atoms with E-state index >= 15 is 0 Å². The zero-order valence-corrected chi connectivity index (χ0v) is 17.9. The molecule has 2 aromatic rings. The summed E-state index contributed by atoms with van der Waals surface area (Å²) in [5, 5.41) is 2.93. The predicted octanol–water partition coefficient (Wildman–Crippen LogP) is 2.83. The molecular weight excluding hydrogens is 394 g/mol. The molecule has 31 heavy (non-hydrogen) atoms. The van der Waals surface area contributed by atoms with E-state index in [0.717, 1.165) is 18.4 Å². The molecule has 1 aliphatic carbocycles. The number of hydrogen-bond donors (Lipinski definition) is 1. The molecule has 2 heterocycles. The summed E-state index contributed by atoms with van der Waals surface area (Å²) in [6.45, 7) is 4.13. The van der Waals surface area contributed by atoms with E-state index in [4.69, 9.17) is 9.47 Å². The van der Waals surface area contributed by atoms with Crippen molar-refractivity contribution in [1.29, 1.82) is 0 Å². The molecule has 7 nitrogen and oxygen atoms in total. The quantitative estimate of drug-likeness (QED) is 0.720. The average Bonchev–Trinajstić information content (AvgIpc) is 2.82. The van der Waals surface area contributed by atoms with Crippen molar-refractivity contribution in [3.05, 3.63) is 58.8 Å². The topological polar surface area (TPSA) is 80.8 Å². The molecule has 0 bridgehead atoms. The van der Waals surface area contributed by atoms with Crippen molar-refractivity contribution in [3.63, 3.8) is 0 Å². The van der Waals surface area contributed by atoms with E-state index in [9.17, 15) is 9.59 Å². The second-order valence-corrected chi connectivity index (χ2v) is 8.07. The van der Waals surface area contributed by atoms with Gasteiger partial charge in [0.05, 0.1) is 19.3 Å². The highest BCUT2D eigenvalue weighted by atomic mass is 16.5. The Morgan fingerprint density at radius 1 is 1.16 bits per heavy atom. The van der Waals surface area contributed by atoms with Crippen LogP contribution < -0.4 is 10.2 Å². The van der Waals surface area contributed by atoms with Gasteiger partial charge in [0.15, 0.2) is 6.61 Å². The van der Waals surface area contributed by atoms with E-state index < -0.39 is 5.97 Å². The van der Waals surface area contributed by atoms with Crippen molar-refractivity contribution < 1.29 is 19.1 Å². The summed E-state index contributed by atoms with van der Waals surface area (Å²) in [4.78, 5) is 31.4. The molecule has 7 heteroatoms. The number of hydrogen-bond acceptors (Lipinski definition) is 6. The lowest BCUT2D eigenvalue weighted by Gasteiger charge is -2.28. The Kier molecular flexibility index (Phi) is 6.82. The highest BCUT2D eigenvalue weighted by molar-refractivity contribution is 5.96. The van der Waals surface area contributed by atoms with Gasteiger partial charge in [0.25, 0.3) is 5.91 Å².